The van der Waals surface area contributed by atoms with E-state index in [1.165, 1.54) is 36.4 Å². The molecule has 0 aliphatic carbocycles. The van der Waals surface area contributed by atoms with Gasteiger partial charge in [-0.15, -0.1) is 0 Å². The van der Waals surface area contributed by atoms with Gasteiger partial charge in [-0.25, -0.2) is 8.78 Å². The van der Waals surface area contributed by atoms with E-state index >= 15 is 0 Å². The second kappa shape index (κ2) is 8.96. The first kappa shape index (κ1) is 20.7. The maximum atomic E-state index is 13.9. The van der Waals surface area contributed by atoms with Gasteiger partial charge in [0.2, 0.25) is 0 Å². The monoisotopic (exact) mass is 458 g/mol. The molecule has 2 amide bonds. The van der Waals surface area contributed by atoms with Gasteiger partial charge in [0, 0.05) is 15.7 Å². The molecule has 0 aromatic heterocycles. The Hall–Kier alpha value is -3.06. The average Bonchev–Trinajstić information content (AvgIpc) is 2.68. The van der Waals surface area contributed by atoms with Crippen molar-refractivity contribution in [2.75, 3.05) is 5.32 Å². The molecule has 0 saturated heterocycles. The number of halogens is 3. The van der Waals surface area contributed by atoms with Crippen LogP contribution in [-0.4, -0.2) is 11.8 Å². The molecular weight excluding hydrogens is 442 g/mol. The van der Waals surface area contributed by atoms with Crippen LogP contribution < -0.4 is 10.6 Å². The Bertz CT molecular complexity index is 1040. The minimum absolute atomic E-state index is 0.0387. The van der Waals surface area contributed by atoms with Crippen molar-refractivity contribution in [3.05, 3.63) is 99.5 Å². The highest BCUT2D eigenvalue weighted by molar-refractivity contribution is 9.10. The lowest BCUT2D eigenvalue weighted by atomic mass is 10.1. The molecule has 0 saturated carbocycles. The van der Waals surface area contributed by atoms with Gasteiger partial charge in [0.25, 0.3) is 11.8 Å². The molecule has 3 rings (SSSR count). The summed E-state index contributed by atoms with van der Waals surface area (Å²) in [4.78, 5) is 24.5. The van der Waals surface area contributed by atoms with Gasteiger partial charge in [0.15, 0.2) is 0 Å². The molecule has 0 spiro atoms. The third kappa shape index (κ3) is 5.26. The van der Waals surface area contributed by atoms with Crippen LogP contribution in [-0.2, 0) is 0 Å². The van der Waals surface area contributed by atoms with Crippen molar-refractivity contribution in [2.24, 2.45) is 0 Å². The first-order chi connectivity index (χ1) is 13.8. The zero-order chi connectivity index (χ0) is 21.0. The molecule has 148 valence electrons. The molecule has 1 unspecified atom stereocenters. The molecule has 3 aromatic rings. The normalized spacial score (nSPS) is 11.6. The summed E-state index contributed by atoms with van der Waals surface area (Å²) in [5, 5.41) is 5.47. The third-order valence-corrected chi connectivity index (χ3v) is 4.79. The molecular formula is C22H17BrF2N2O2. The third-order valence-electron chi connectivity index (χ3n) is 4.30. The summed E-state index contributed by atoms with van der Waals surface area (Å²) < 4.78 is 27.4. The number of carbonyl (C=O) groups excluding carboxylic acids is 2. The highest BCUT2D eigenvalue weighted by Gasteiger charge is 2.15. The number of amides is 2. The van der Waals surface area contributed by atoms with Crippen molar-refractivity contribution >= 4 is 33.4 Å². The molecule has 3 aromatic carbocycles. The summed E-state index contributed by atoms with van der Waals surface area (Å²) >= 11 is 3.16. The van der Waals surface area contributed by atoms with E-state index in [2.05, 4.69) is 26.6 Å². The predicted octanol–water partition coefficient (Wildman–Crippen LogP) is 5.47. The average molecular weight is 459 g/mol. The van der Waals surface area contributed by atoms with Crippen molar-refractivity contribution in [1.82, 2.24) is 5.32 Å². The lowest BCUT2D eigenvalue weighted by Crippen LogP contribution is -2.27. The van der Waals surface area contributed by atoms with Crippen molar-refractivity contribution in [2.45, 2.75) is 13.0 Å². The predicted molar refractivity (Wildman–Crippen MR) is 111 cm³/mol. The quantitative estimate of drug-likeness (QED) is 0.532. The van der Waals surface area contributed by atoms with Crippen molar-refractivity contribution < 1.29 is 18.4 Å². The van der Waals surface area contributed by atoms with E-state index < -0.39 is 17.5 Å². The minimum atomic E-state index is -0.608. The van der Waals surface area contributed by atoms with Crippen LogP contribution in [0.3, 0.4) is 0 Å². The van der Waals surface area contributed by atoms with Crippen LogP contribution in [0.4, 0.5) is 14.5 Å². The second-order valence-corrected chi connectivity index (χ2v) is 7.32. The Kier molecular flexibility index (Phi) is 6.39. The lowest BCUT2D eigenvalue weighted by Gasteiger charge is -2.15. The number of benzene rings is 3. The largest absolute Gasteiger partial charge is 0.345 e. The summed E-state index contributed by atoms with van der Waals surface area (Å²) in [5.74, 6) is -1.89. The van der Waals surface area contributed by atoms with Crippen molar-refractivity contribution in [1.29, 1.82) is 0 Å². The van der Waals surface area contributed by atoms with Gasteiger partial charge in [-0.05, 0) is 67.1 Å². The first-order valence-electron chi connectivity index (χ1n) is 8.76. The highest BCUT2D eigenvalue weighted by Crippen LogP contribution is 2.19. The number of nitrogens with one attached hydrogen (secondary N) is 2. The molecule has 4 nitrogen and oxygen atoms in total. The maximum absolute atomic E-state index is 13.9. The first-order valence-corrected chi connectivity index (χ1v) is 9.55. The van der Waals surface area contributed by atoms with Gasteiger partial charge in [0.05, 0.1) is 11.6 Å². The standard InChI is InChI=1S/C22H17BrF2N2O2/c1-13(26-22(29)19-11-6-16(23)12-20(19)25)14-4-9-18(10-5-14)27-21(28)15-2-7-17(24)8-3-15/h2-13H,1H3,(H,26,29)(H,27,28). The van der Waals surface area contributed by atoms with Crippen LogP contribution in [0, 0.1) is 11.6 Å². The Balaban J connectivity index is 1.63. The number of rotatable bonds is 5. The zero-order valence-corrected chi connectivity index (χ0v) is 17.0. The van der Waals surface area contributed by atoms with E-state index in [9.17, 15) is 18.4 Å². The van der Waals surface area contributed by atoms with Gasteiger partial charge in [0.1, 0.15) is 11.6 Å². The Morgan fingerprint density at radius 2 is 1.55 bits per heavy atom. The Labute approximate surface area is 175 Å². The Morgan fingerprint density at radius 3 is 2.17 bits per heavy atom. The van der Waals surface area contributed by atoms with Gasteiger partial charge < -0.3 is 10.6 Å². The summed E-state index contributed by atoms with van der Waals surface area (Å²) in [6.45, 7) is 1.78. The Morgan fingerprint density at radius 1 is 0.897 bits per heavy atom. The highest BCUT2D eigenvalue weighted by atomic mass is 79.9. The molecule has 1 atom stereocenters. The van der Waals surface area contributed by atoms with E-state index in [-0.39, 0.29) is 17.5 Å². The molecule has 0 bridgehead atoms. The molecule has 7 heteroatoms. The van der Waals surface area contributed by atoms with Crippen LogP contribution in [0.15, 0.2) is 71.2 Å². The van der Waals surface area contributed by atoms with Gasteiger partial charge in [-0.3, -0.25) is 9.59 Å². The zero-order valence-electron chi connectivity index (χ0n) is 15.4. The van der Waals surface area contributed by atoms with E-state index in [4.69, 9.17) is 0 Å². The van der Waals surface area contributed by atoms with E-state index in [1.54, 1.807) is 37.3 Å². The van der Waals surface area contributed by atoms with E-state index in [0.29, 0.717) is 15.7 Å². The fraction of sp³-hybridized carbons (Fsp3) is 0.0909. The summed E-state index contributed by atoms with van der Waals surface area (Å²) in [6.07, 6.45) is 0. The van der Waals surface area contributed by atoms with E-state index in [0.717, 1.165) is 5.56 Å². The number of hydrogen-bond donors (Lipinski definition) is 2. The summed E-state index contributed by atoms with van der Waals surface area (Å²) in [7, 11) is 0. The topological polar surface area (TPSA) is 58.2 Å². The van der Waals surface area contributed by atoms with Gasteiger partial charge in [-0.2, -0.15) is 0 Å². The molecule has 29 heavy (non-hydrogen) atoms. The minimum Gasteiger partial charge on any atom is -0.345 e. The molecule has 0 aliphatic rings. The van der Waals surface area contributed by atoms with Crippen LogP contribution in [0.25, 0.3) is 0 Å². The van der Waals surface area contributed by atoms with Crippen molar-refractivity contribution in [3.8, 4) is 0 Å². The maximum Gasteiger partial charge on any atom is 0.255 e. The molecule has 0 heterocycles. The molecule has 0 aliphatic heterocycles. The number of anilines is 1. The smallest absolute Gasteiger partial charge is 0.255 e. The second-order valence-electron chi connectivity index (χ2n) is 6.40. The van der Waals surface area contributed by atoms with E-state index in [1.807, 2.05) is 0 Å². The number of hydrogen-bond acceptors (Lipinski definition) is 2. The SMILES string of the molecule is CC(NC(=O)c1ccc(Br)cc1F)c1ccc(NC(=O)c2ccc(F)cc2)cc1. The summed E-state index contributed by atoms with van der Waals surface area (Å²) in [6, 6.07) is 16.0. The van der Waals surface area contributed by atoms with Gasteiger partial charge >= 0.3 is 0 Å². The summed E-state index contributed by atoms with van der Waals surface area (Å²) in [5.41, 5.74) is 1.65. The van der Waals surface area contributed by atoms with Crippen LogP contribution in [0.1, 0.15) is 39.2 Å². The van der Waals surface area contributed by atoms with Gasteiger partial charge in [-0.1, -0.05) is 28.1 Å². The fourth-order valence-electron chi connectivity index (χ4n) is 2.69. The van der Waals surface area contributed by atoms with Crippen molar-refractivity contribution in [3.63, 3.8) is 0 Å². The van der Waals surface area contributed by atoms with Crippen LogP contribution in [0.5, 0.6) is 0 Å². The molecule has 2 N–H and O–H groups in total. The molecule has 0 fully saturated rings. The fourth-order valence-corrected chi connectivity index (χ4v) is 3.02. The number of carbonyl (C=O) groups is 2. The molecule has 0 radical (unpaired) electrons. The lowest BCUT2D eigenvalue weighted by molar-refractivity contribution is 0.0935. The van der Waals surface area contributed by atoms with Crippen LogP contribution in [0.2, 0.25) is 0 Å². The van der Waals surface area contributed by atoms with Crippen LogP contribution >= 0.6 is 15.9 Å².